The van der Waals surface area contributed by atoms with E-state index in [0.717, 1.165) is 0 Å². The van der Waals surface area contributed by atoms with Gasteiger partial charge in [-0.2, -0.15) is 0 Å². The third-order valence-corrected chi connectivity index (χ3v) is 1.85. The highest BCUT2D eigenvalue weighted by molar-refractivity contribution is 7.45. The lowest BCUT2D eigenvalue weighted by Gasteiger charge is -1.95. The fourth-order valence-electron chi connectivity index (χ4n) is 0.764. The number of hydrogen-bond donors (Lipinski definition) is 2. The van der Waals surface area contributed by atoms with E-state index in [1.807, 2.05) is 0 Å². The summed E-state index contributed by atoms with van der Waals surface area (Å²) in [5.41, 5.74) is 11.4. The summed E-state index contributed by atoms with van der Waals surface area (Å²) in [6.07, 6.45) is 0. The smallest absolute Gasteiger partial charge is 0.348 e. The molecule has 58 valence electrons. The molecule has 0 aromatic heterocycles. The van der Waals surface area contributed by atoms with Crippen LogP contribution in [-0.4, -0.2) is 0 Å². The molecule has 11 heavy (non-hydrogen) atoms. The van der Waals surface area contributed by atoms with Gasteiger partial charge in [-0.1, -0.05) is 4.57 Å². The van der Waals surface area contributed by atoms with Crippen molar-refractivity contribution in [2.24, 2.45) is 0 Å². The van der Waals surface area contributed by atoms with Gasteiger partial charge in [0.05, 0.1) is 0 Å². The minimum Gasteiger partial charge on any atom is -0.591 e. The van der Waals surface area contributed by atoms with Gasteiger partial charge in [0, 0.05) is 23.5 Å². The van der Waals surface area contributed by atoms with Crippen molar-refractivity contribution in [3.63, 3.8) is 0 Å². The quantitative estimate of drug-likeness (QED) is 0.442. The van der Waals surface area contributed by atoms with Gasteiger partial charge >= 0.3 is 8.03 Å². The topological polar surface area (TPSA) is 92.2 Å². The summed E-state index contributed by atoms with van der Waals surface area (Å²) >= 11 is 0. The minimum atomic E-state index is -2.59. The van der Waals surface area contributed by atoms with E-state index in [9.17, 15) is 9.46 Å². The first-order valence-electron chi connectivity index (χ1n) is 2.90. The molecule has 0 saturated carbocycles. The number of benzene rings is 1. The molecule has 0 aliphatic carbocycles. The monoisotopic (exact) mass is 170 g/mol. The molecule has 0 spiro atoms. The van der Waals surface area contributed by atoms with E-state index in [4.69, 9.17) is 11.5 Å². The molecule has 1 atom stereocenters. The summed E-state index contributed by atoms with van der Waals surface area (Å²) in [6.45, 7) is 0. The first-order valence-corrected chi connectivity index (χ1v) is 4.08. The van der Waals surface area contributed by atoms with Crippen molar-refractivity contribution >= 4 is 24.7 Å². The highest BCUT2D eigenvalue weighted by Crippen LogP contribution is 2.14. The van der Waals surface area contributed by atoms with Gasteiger partial charge in [-0.3, -0.25) is 0 Å². The largest absolute Gasteiger partial charge is 0.591 e. The summed E-state index contributed by atoms with van der Waals surface area (Å²) in [4.78, 5) is 10.4. The van der Waals surface area contributed by atoms with Crippen LogP contribution in [0.1, 0.15) is 0 Å². The Hall–Kier alpha value is -1.12. The molecule has 1 aromatic rings. The number of hydrogen-bond acceptors (Lipinski definition) is 4. The Balaban J connectivity index is 3.19. The molecule has 0 radical (unpaired) electrons. The number of rotatable bonds is 1. The van der Waals surface area contributed by atoms with E-state index in [2.05, 4.69) is 0 Å². The number of nitrogen functional groups attached to an aromatic ring is 2. The van der Waals surface area contributed by atoms with E-state index in [0.29, 0.717) is 11.4 Å². The Morgan fingerprint density at radius 1 is 1.18 bits per heavy atom. The van der Waals surface area contributed by atoms with Crippen molar-refractivity contribution < 1.29 is 9.46 Å². The predicted octanol–water partition coefficient (Wildman–Crippen LogP) is -0.421. The Kier molecular flexibility index (Phi) is 2.08. The molecule has 1 aromatic carbocycles. The lowest BCUT2D eigenvalue weighted by molar-refractivity contribution is -0.160. The van der Waals surface area contributed by atoms with Gasteiger partial charge in [-0.15, -0.1) is 0 Å². The van der Waals surface area contributed by atoms with Crippen molar-refractivity contribution in [2.45, 2.75) is 0 Å². The molecule has 4 N–H and O–H groups in total. The minimum absolute atomic E-state index is 0.150. The van der Waals surface area contributed by atoms with E-state index in [1.165, 1.54) is 18.2 Å². The highest BCUT2D eigenvalue weighted by Gasteiger charge is 2.07. The first-order chi connectivity index (χ1) is 5.09. The maximum absolute atomic E-state index is 10.4. The first kappa shape index (κ1) is 7.98. The second-order valence-corrected chi connectivity index (χ2v) is 3.15. The predicted molar refractivity (Wildman–Crippen MR) is 42.5 cm³/mol. The van der Waals surface area contributed by atoms with Crippen molar-refractivity contribution in [1.82, 2.24) is 0 Å². The molecule has 0 fully saturated rings. The standard InChI is InChI=1S/C6H7N2O2P/c7-4-1-5(8)3-6(2-4)11(9)10/h1-3H,7-8H2. The van der Waals surface area contributed by atoms with Crippen molar-refractivity contribution in [1.29, 1.82) is 0 Å². The summed E-state index contributed by atoms with van der Waals surface area (Å²) in [5.74, 6) is 0. The third-order valence-electron chi connectivity index (χ3n) is 1.17. The molecule has 0 heterocycles. The molecule has 0 saturated heterocycles. The molecular weight excluding hydrogens is 163 g/mol. The fourth-order valence-corrected chi connectivity index (χ4v) is 1.27. The summed E-state index contributed by atoms with van der Waals surface area (Å²) in [7, 11) is -2.59. The Morgan fingerprint density at radius 3 is 2.00 bits per heavy atom. The highest BCUT2D eigenvalue weighted by atomic mass is 31.1. The summed E-state index contributed by atoms with van der Waals surface area (Å²) < 4.78 is 10.4. The molecule has 0 aliphatic rings. The molecule has 5 heteroatoms. The SMILES string of the molecule is Nc1cc(N)cc([P+](=O)[O-])c1. The molecular formula is C6H7N2O2P. The number of anilines is 2. The van der Waals surface area contributed by atoms with Crippen LogP contribution in [0.25, 0.3) is 0 Å². The van der Waals surface area contributed by atoms with Gasteiger partial charge in [0.15, 0.2) is 5.30 Å². The summed E-state index contributed by atoms with van der Waals surface area (Å²) in [6, 6.07) is 4.23. The van der Waals surface area contributed by atoms with Crippen molar-refractivity contribution in [2.75, 3.05) is 11.5 Å². The van der Waals surface area contributed by atoms with Gasteiger partial charge in [0.25, 0.3) is 0 Å². The van der Waals surface area contributed by atoms with Crippen molar-refractivity contribution in [3.05, 3.63) is 18.2 Å². The molecule has 1 rings (SSSR count). The van der Waals surface area contributed by atoms with Crippen LogP contribution in [0.5, 0.6) is 0 Å². The second-order valence-electron chi connectivity index (χ2n) is 2.11. The lowest BCUT2D eigenvalue weighted by atomic mass is 10.3. The third kappa shape index (κ3) is 1.90. The number of nitrogens with two attached hydrogens (primary N) is 2. The summed E-state index contributed by atoms with van der Waals surface area (Å²) in [5, 5.41) is 0.150. The van der Waals surface area contributed by atoms with Gasteiger partial charge in [0.2, 0.25) is 0 Å². The Bertz CT molecular complexity index is 280. The van der Waals surface area contributed by atoms with E-state index >= 15 is 0 Å². The van der Waals surface area contributed by atoms with Gasteiger partial charge in [0.1, 0.15) is 0 Å². The van der Waals surface area contributed by atoms with Crippen LogP contribution in [0.3, 0.4) is 0 Å². The van der Waals surface area contributed by atoms with Crippen LogP contribution in [0.15, 0.2) is 18.2 Å². The lowest BCUT2D eigenvalue weighted by Crippen LogP contribution is -2.07. The molecule has 0 bridgehead atoms. The normalized spacial score (nSPS) is 11.2. The maximum atomic E-state index is 10.4. The average molecular weight is 170 g/mol. The van der Waals surface area contributed by atoms with Crippen LogP contribution < -0.4 is 21.7 Å². The van der Waals surface area contributed by atoms with Crippen LogP contribution in [-0.2, 0) is 4.57 Å². The van der Waals surface area contributed by atoms with E-state index < -0.39 is 8.03 Å². The second kappa shape index (κ2) is 2.86. The van der Waals surface area contributed by atoms with Crippen LogP contribution in [0.2, 0.25) is 0 Å². The van der Waals surface area contributed by atoms with Crippen LogP contribution >= 0.6 is 8.03 Å². The van der Waals surface area contributed by atoms with Gasteiger partial charge in [-0.05, 0) is 6.07 Å². The zero-order chi connectivity index (χ0) is 8.43. The molecule has 1 unspecified atom stereocenters. The Morgan fingerprint density at radius 2 is 1.64 bits per heavy atom. The molecule has 4 nitrogen and oxygen atoms in total. The zero-order valence-electron chi connectivity index (χ0n) is 5.65. The zero-order valence-corrected chi connectivity index (χ0v) is 6.54. The average Bonchev–Trinajstić information content (AvgIpc) is 1.85. The Labute approximate surface area is 64.7 Å². The van der Waals surface area contributed by atoms with Gasteiger partial charge in [-0.25, -0.2) is 0 Å². The molecule has 0 aliphatic heterocycles. The van der Waals surface area contributed by atoms with Crippen LogP contribution in [0, 0.1) is 0 Å². The van der Waals surface area contributed by atoms with E-state index in [-0.39, 0.29) is 5.30 Å². The fraction of sp³-hybridized carbons (Fsp3) is 0. The van der Waals surface area contributed by atoms with Gasteiger partial charge < -0.3 is 16.4 Å². The maximum Gasteiger partial charge on any atom is 0.348 e. The van der Waals surface area contributed by atoms with Crippen LogP contribution in [0.4, 0.5) is 11.4 Å². The van der Waals surface area contributed by atoms with E-state index in [1.54, 1.807) is 0 Å². The van der Waals surface area contributed by atoms with Crippen molar-refractivity contribution in [3.8, 4) is 0 Å². The molecule has 0 amide bonds.